The van der Waals surface area contributed by atoms with Gasteiger partial charge < -0.3 is 4.98 Å². The predicted molar refractivity (Wildman–Crippen MR) is 48.0 cm³/mol. The number of amides is 2. The van der Waals surface area contributed by atoms with E-state index in [9.17, 15) is 9.59 Å². The Bertz CT molecular complexity index is 376. The van der Waals surface area contributed by atoms with Crippen molar-refractivity contribution in [2.45, 2.75) is 13.0 Å². The molecule has 14 heavy (non-hydrogen) atoms. The van der Waals surface area contributed by atoms with Crippen LogP contribution in [0.3, 0.4) is 0 Å². The molecule has 0 saturated carbocycles. The van der Waals surface area contributed by atoms with E-state index in [-0.39, 0.29) is 17.9 Å². The Balaban J connectivity index is 2.24. The topological polar surface area (TPSA) is 66.1 Å². The molecule has 1 aromatic rings. The Kier molecular flexibility index (Phi) is 1.92. The van der Waals surface area contributed by atoms with Gasteiger partial charge in [0.1, 0.15) is 5.82 Å². The molecule has 72 valence electrons. The molecule has 0 fully saturated rings. The van der Waals surface area contributed by atoms with Gasteiger partial charge in [-0.25, -0.2) is 4.98 Å². The second-order valence-electron chi connectivity index (χ2n) is 3.03. The van der Waals surface area contributed by atoms with E-state index in [1.165, 1.54) is 17.1 Å². The fourth-order valence-electron chi connectivity index (χ4n) is 1.42. The number of nitrogens with one attached hydrogen (secondary N) is 1. The summed E-state index contributed by atoms with van der Waals surface area (Å²) in [6, 6.07) is -0.347. The van der Waals surface area contributed by atoms with Crippen LogP contribution in [-0.4, -0.2) is 26.7 Å². The smallest absolute Gasteiger partial charge is 0.254 e. The van der Waals surface area contributed by atoms with E-state index < -0.39 is 0 Å². The summed E-state index contributed by atoms with van der Waals surface area (Å²) < 4.78 is 0. The number of imide groups is 1. The van der Waals surface area contributed by atoms with Crippen molar-refractivity contribution in [1.82, 2.24) is 14.9 Å². The Morgan fingerprint density at radius 3 is 2.50 bits per heavy atom. The molecule has 2 heterocycles. The first-order valence-corrected chi connectivity index (χ1v) is 4.24. The standard InChI is InChI=1S/C9H9N3O2/c1-6(9-10-4-5-11-9)12-7(13)2-3-8(12)14/h2-6H,1H3,(H,10,11). The highest BCUT2D eigenvalue weighted by Gasteiger charge is 2.30. The van der Waals surface area contributed by atoms with Gasteiger partial charge in [-0.15, -0.1) is 0 Å². The normalized spacial score (nSPS) is 17.9. The molecule has 1 N–H and O–H groups in total. The molecular weight excluding hydrogens is 182 g/mol. The zero-order valence-electron chi connectivity index (χ0n) is 7.60. The van der Waals surface area contributed by atoms with Crippen molar-refractivity contribution in [2.24, 2.45) is 0 Å². The largest absolute Gasteiger partial charge is 0.347 e. The number of nitrogens with zero attached hydrogens (tertiary/aromatic N) is 2. The molecule has 1 aliphatic rings. The molecule has 0 aliphatic carbocycles. The lowest BCUT2D eigenvalue weighted by atomic mass is 10.3. The maximum Gasteiger partial charge on any atom is 0.254 e. The zero-order chi connectivity index (χ0) is 10.1. The van der Waals surface area contributed by atoms with Crippen LogP contribution in [-0.2, 0) is 9.59 Å². The van der Waals surface area contributed by atoms with Crippen LogP contribution >= 0.6 is 0 Å². The summed E-state index contributed by atoms with van der Waals surface area (Å²) >= 11 is 0. The fourth-order valence-corrected chi connectivity index (χ4v) is 1.42. The minimum absolute atomic E-state index is 0.293. The van der Waals surface area contributed by atoms with Gasteiger partial charge in [-0.3, -0.25) is 14.5 Å². The number of hydrogen-bond acceptors (Lipinski definition) is 3. The minimum atomic E-state index is -0.347. The number of hydrogen-bond donors (Lipinski definition) is 1. The van der Waals surface area contributed by atoms with Crippen LogP contribution in [0.1, 0.15) is 18.8 Å². The quantitative estimate of drug-likeness (QED) is 0.688. The maximum atomic E-state index is 11.3. The average molecular weight is 191 g/mol. The van der Waals surface area contributed by atoms with Crippen LogP contribution in [0, 0.1) is 0 Å². The summed E-state index contributed by atoms with van der Waals surface area (Å²) in [6.45, 7) is 1.75. The van der Waals surface area contributed by atoms with Crippen LogP contribution < -0.4 is 0 Å². The van der Waals surface area contributed by atoms with Gasteiger partial charge in [0.25, 0.3) is 11.8 Å². The lowest BCUT2D eigenvalue weighted by Crippen LogP contribution is -2.33. The highest BCUT2D eigenvalue weighted by Crippen LogP contribution is 2.20. The van der Waals surface area contributed by atoms with E-state index in [0.29, 0.717) is 5.82 Å². The summed E-state index contributed by atoms with van der Waals surface area (Å²) in [5.41, 5.74) is 0. The first kappa shape index (κ1) is 8.68. The number of H-pyrrole nitrogens is 1. The molecule has 1 atom stereocenters. The molecule has 1 aromatic heterocycles. The molecule has 5 heteroatoms. The molecular formula is C9H9N3O2. The van der Waals surface area contributed by atoms with Crippen LogP contribution in [0.2, 0.25) is 0 Å². The number of aromatic amines is 1. The van der Waals surface area contributed by atoms with Crippen molar-refractivity contribution in [3.05, 3.63) is 30.4 Å². The predicted octanol–water partition coefficient (Wildman–Crippen LogP) is 0.396. The molecule has 0 radical (unpaired) electrons. The molecule has 0 spiro atoms. The van der Waals surface area contributed by atoms with Gasteiger partial charge in [-0.2, -0.15) is 0 Å². The molecule has 1 unspecified atom stereocenters. The van der Waals surface area contributed by atoms with Gasteiger partial charge in [-0.1, -0.05) is 0 Å². The van der Waals surface area contributed by atoms with Gasteiger partial charge in [-0.05, 0) is 6.92 Å². The molecule has 2 rings (SSSR count). The number of carbonyl (C=O) groups excluding carboxylic acids is 2. The van der Waals surface area contributed by atoms with E-state index in [4.69, 9.17) is 0 Å². The number of aromatic nitrogens is 2. The van der Waals surface area contributed by atoms with Crippen LogP contribution in [0.15, 0.2) is 24.5 Å². The third kappa shape index (κ3) is 1.22. The lowest BCUT2D eigenvalue weighted by molar-refractivity contribution is -0.139. The Labute approximate surface area is 80.4 Å². The third-order valence-corrected chi connectivity index (χ3v) is 2.15. The molecule has 0 aromatic carbocycles. The monoisotopic (exact) mass is 191 g/mol. The van der Waals surface area contributed by atoms with Gasteiger partial charge in [0, 0.05) is 24.5 Å². The zero-order valence-corrected chi connectivity index (χ0v) is 7.60. The molecule has 0 saturated heterocycles. The highest BCUT2D eigenvalue weighted by atomic mass is 16.2. The van der Waals surface area contributed by atoms with Crippen molar-refractivity contribution in [3.63, 3.8) is 0 Å². The van der Waals surface area contributed by atoms with E-state index >= 15 is 0 Å². The van der Waals surface area contributed by atoms with Crippen molar-refractivity contribution in [2.75, 3.05) is 0 Å². The van der Waals surface area contributed by atoms with Crippen molar-refractivity contribution >= 4 is 11.8 Å². The minimum Gasteiger partial charge on any atom is -0.347 e. The maximum absolute atomic E-state index is 11.3. The molecule has 0 bridgehead atoms. The van der Waals surface area contributed by atoms with Gasteiger partial charge in [0.2, 0.25) is 0 Å². The first-order valence-electron chi connectivity index (χ1n) is 4.24. The van der Waals surface area contributed by atoms with Crippen molar-refractivity contribution in [3.8, 4) is 0 Å². The van der Waals surface area contributed by atoms with E-state index in [1.54, 1.807) is 19.3 Å². The summed E-state index contributed by atoms with van der Waals surface area (Å²) in [5, 5.41) is 0. The number of carbonyl (C=O) groups is 2. The molecule has 1 aliphatic heterocycles. The Morgan fingerprint density at radius 2 is 2.00 bits per heavy atom. The van der Waals surface area contributed by atoms with Crippen LogP contribution in [0.25, 0.3) is 0 Å². The lowest BCUT2D eigenvalue weighted by Gasteiger charge is -2.20. The first-order chi connectivity index (χ1) is 6.70. The Hall–Kier alpha value is -1.91. The van der Waals surface area contributed by atoms with Gasteiger partial charge in [0.15, 0.2) is 0 Å². The second kappa shape index (κ2) is 3.10. The van der Waals surface area contributed by atoms with E-state index in [1.807, 2.05) is 0 Å². The Morgan fingerprint density at radius 1 is 1.36 bits per heavy atom. The van der Waals surface area contributed by atoms with Crippen LogP contribution in [0.4, 0.5) is 0 Å². The van der Waals surface area contributed by atoms with Gasteiger partial charge >= 0.3 is 0 Å². The summed E-state index contributed by atoms with van der Waals surface area (Å²) in [7, 11) is 0. The second-order valence-corrected chi connectivity index (χ2v) is 3.03. The fraction of sp³-hybridized carbons (Fsp3) is 0.222. The molecule has 2 amide bonds. The van der Waals surface area contributed by atoms with E-state index in [0.717, 1.165) is 0 Å². The van der Waals surface area contributed by atoms with Crippen molar-refractivity contribution in [1.29, 1.82) is 0 Å². The average Bonchev–Trinajstić information content (AvgIpc) is 2.75. The summed E-state index contributed by atoms with van der Waals surface area (Å²) in [5.74, 6) is 0.0215. The van der Waals surface area contributed by atoms with Crippen LogP contribution in [0.5, 0.6) is 0 Å². The SMILES string of the molecule is CC(c1ncc[nH]1)N1C(=O)C=CC1=O. The van der Waals surface area contributed by atoms with Gasteiger partial charge in [0.05, 0.1) is 6.04 Å². The summed E-state index contributed by atoms with van der Waals surface area (Å²) in [4.78, 5) is 30.6. The molecule has 5 nitrogen and oxygen atoms in total. The third-order valence-electron chi connectivity index (χ3n) is 2.15. The van der Waals surface area contributed by atoms with E-state index in [2.05, 4.69) is 9.97 Å². The summed E-state index contributed by atoms with van der Waals surface area (Å²) in [6.07, 6.45) is 5.78. The number of imidazole rings is 1. The highest BCUT2D eigenvalue weighted by molar-refractivity contribution is 6.13. The van der Waals surface area contributed by atoms with Crippen molar-refractivity contribution < 1.29 is 9.59 Å². The number of rotatable bonds is 2.